The highest BCUT2D eigenvalue weighted by molar-refractivity contribution is 7.87. The molecule has 0 aromatic rings. The summed E-state index contributed by atoms with van der Waals surface area (Å²) in [5, 5.41) is 0. The summed E-state index contributed by atoms with van der Waals surface area (Å²) in [6.45, 7) is 5.04. The predicted molar refractivity (Wildman–Crippen MR) is 74.3 cm³/mol. The lowest BCUT2D eigenvalue weighted by Gasteiger charge is -2.29. The fraction of sp³-hybridized carbons (Fsp3) is 1.00. The van der Waals surface area contributed by atoms with Gasteiger partial charge in [-0.25, -0.2) is 4.72 Å². The third-order valence-electron chi connectivity index (χ3n) is 3.96. The number of nitrogens with two attached hydrogens (primary N) is 1. The van der Waals surface area contributed by atoms with Crippen molar-refractivity contribution >= 4 is 10.2 Å². The summed E-state index contributed by atoms with van der Waals surface area (Å²) in [6.07, 6.45) is 4.41. The first-order valence-corrected chi connectivity index (χ1v) is 8.23. The average molecular weight is 277 g/mol. The Morgan fingerprint density at radius 3 is 2.17 bits per heavy atom. The summed E-state index contributed by atoms with van der Waals surface area (Å²) in [7, 11) is -1.71. The van der Waals surface area contributed by atoms with Gasteiger partial charge >= 0.3 is 0 Å². The van der Waals surface area contributed by atoms with E-state index < -0.39 is 10.2 Å². The molecule has 0 saturated heterocycles. The topological polar surface area (TPSA) is 75.4 Å². The van der Waals surface area contributed by atoms with Gasteiger partial charge in [-0.1, -0.05) is 0 Å². The van der Waals surface area contributed by atoms with Crippen molar-refractivity contribution in [3.8, 4) is 0 Å². The Balaban J connectivity index is 2.37. The van der Waals surface area contributed by atoms with E-state index in [2.05, 4.69) is 4.72 Å². The Kier molecular flexibility index (Phi) is 6.04. The molecule has 1 rings (SSSR count). The van der Waals surface area contributed by atoms with E-state index in [0.29, 0.717) is 18.4 Å². The van der Waals surface area contributed by atoms with Gasteiger partial charge in [0, 0.05) is 19.6 Å². The fourth-order valence-corrected chi connectivity index (χ4v) is 3.48. The Labute approximate surface area is 111 Å². The molecule has 0 radical (unpaired) electrons. The van der Waals surface area contributed by atoms with Crippen LogP contribution >= 0.6 is 0 Å². The smallest absolute Gasteiger partial charge is 0.279 e. The van der Waals surface area contributed by atoms with Crippen LogP contribution in [0.5, 0.6) is 0 Å². The molecule has 0 bridgehead atoms. The van der Waals surface area contributed by atoms with Crippen LogP contribution < -0.4 is 10.5 Å². The van der Waals surface area contributed by atoms with Gasteiger partial charge in [-0.3, -0.25) is 0 Å². The lowest BCUT2D eigenvalue weighted by molar-refractivity contribution is 0.278. The van der Waals surface area contributed by atoms with Crippen molar-refractivity contribution in [3.63, 3.8) is 0 Å². The highest BCUT2D eigenvalue weighted by atomic mass is 32.2. The van der Waals surface area contributed by atoms with Crippen molar-refractivity contribution in [1.82, 2.24) is 9.03 Å². The molecule has 5 nitrogen and oxygen atoms in total. The summed E-state index contributed by atoms with van der Waals surface area (Å²) in [6, 6.07) is -0.0181. The van der Waals surface area contributed by atoms with E-state index in [1.165, 1.54) is 4.31 Å². The molecule has 0 unspecified atom stereocenters. The van der Waals surface area contributed by atoms with Crippen molar-refractivity contribution < 1.29 is 8.42 Å². The molecule has 0 amide bonds. The maximum Gasteiger partial charge on any atom is 0.279 e. The lowest BCUT2D eigenvalue weighted by atomic mass is 9.82. The molecule has 0 aliphatic heterocycles. The van der Waals surface area contributed by atoms with Crippen LogP contribution in [-0.4, -0.2) is 38.9 Å². The van der Waals surface area contributed by atoms with E-state index in [4.69, 9.17) is 5.73 Å². The van der Waals surface area contributed by atoms with Crippen molar-refractivity contribution in [2.45, 2.75) is 45.6 Å². The van der Waals surface area contributed by atoms with Gasteiger partial charge in [0.25, 0.3) is 10.2 Å². The van der Waals surface area contributed by atoms with Gasteiger partial charge in [-0.15, -0.1) is 0 Å². The number of rotatable bonds is 6. The van der Waals surface area contributed by atoms with Gasteiger partial charge in [0.1, 0.15) is 0 Å². The molecule has 1 aliphatic carbocycles. The van der Waals surface area contributed by atoms with Crippen LogP contribution in [0, 0.1) is 11.8 Å². The zero-order chi connectivity index (χ0) is 13.8. The molecule has 0 atom stereocenters. The first-order chi connectivity index (χ1) is 8.36. The maximum atomic E-state index is 11.9. The molecular formula is C12H27N3O2S. The van der Waals surface area contributed by atoms with Crippen LogP contribution in [0.15, 0.2) is 0 Å². The van der Waals surface area contributed by atoms with E-state index in [-0.39, 0.29) is 6.04 Å². The molecule has 0 aromatic carbocycles. The number of hydrogen-bond donors (Lipinski definition) is 2. The number of hydrogen-bond acceptors (Lipinski definition) is 3. The second-order valence-corrected chi connectivity index (χ2v) is 7.40. The maximum absolute atomic E-state index is 11.9. The fourth-order valence-electron chi connectivity index (χ4n) is 2.27. The van der Waals surface area contributed by atoms with Gasteiger partial charge in [0.2, 0.25) is 0 Å². The van der Waals surface area contributed by atoms with Gasteiger partial charge in [-0.05, 0) is 57.9 Å². The molecule has 1 saturated carbocycles. The molecule has 0 heterocycles. The first-order valence-electron chi connectivity index (χ1n) is 6.79. The Morgan fingerprint density at radius 1 is 1.22 bits per heavy atom. The molecule has 6 heteroatoms. The van der Waals surface area contributed by atoms with Crippen LogP contribution in [0.25, 0.3) is 0 Å². The van der Waals surface area contributed by atoms with E-state index >= 15 is 0 Å². The summed E-state index contributed by atoms with van der Waals surface area (Å²) < 4.78 is 27.9. The zero-order valence-corrected chi connectivity index (χ0v) is 12.5. The van der Waals surface area contributed by atoms with Gasteiger partial charge in [0.05, 0.1) is 0 Å². The van der Waals surface area contributed by atoms with Crippen molar-refractivity contribution in [1.29, 1.82) is 0 Å². The minimum absolute atomic E-state index is 0.0181. The van der Waals surface area contributed by atoms with E-state index in [9.17, 15) is 8.42 Å². The minimum atomic E-state index is -3.32. The summed E-state index contributed by atoms with van der Waals surface area (Å²) in [5.41, 5.74) is 5.65. The summed E-state index contributed by atoms with van der Waals surface area (Å²) in [5.74, 6) is 1.10. The van der Waals surface area contributed by atoms with E-state index in [1.807, 2.05) is 13.8 Å². The van der Waals surface area contributed by atoms with Crippen LogP contribution in [0.1, 0.15) is 39.5 Å². The Hall–Kier alpha value is -0.170. The quantitative estimate of drug-likeness (QED) is 0.758. The number of nitrogens with one attached hydrogen (secondary N) is 1. The number of nitrogens with zero attached hydrogens (tertiary/aromatic N) is 1. The van der Waals surface area contributed by atoms with Gasteiger partial charge in [-0.2, -0.15) is 12.7 Å². The predicted octanol–water partition coefficient (Wildman–Crippen LogP) is 0.926. The zero-order valence-electron chi connectivity index (χ0n) is 11.7. The normalized spacial score (nSPS) is 25.9. The van der Waals surface area contributed by atoms with Crippen molar-refractivity contribution in [2.75, 3.05) is 20.1 Å². The van der Waals surface area contributed by atoms with Crippen LogP contribution in [0.3, 0.4) is 0 Å². The third-order valence-corrected chi connectivity index (χ3v) is 5.67. The van der Waals surface area contributed by atoms with Crippen molar-refractivity contribution in [2.24, 2.45) is 17.6 Å². The SMILES string of the molecule is CC(C)N(C)S(=O)(=O)NCC1CCC(CN)CC1. The molecule has 0 spiro atoms. The van der Waals surface area contributed by atoms with Gasteiger partial charge in [0.15, 0.2) is 0 Å². The standard InChI is InChI=1S/C12H27N3O2S/c1-10(2)15(3)18(16,17)14-9-12-6-4-11(8-13)5-7-12/h10-12,14H,4-9,13H2,1-3H3. The highest BCUT2D eigenvalue weighted by Crippen LogP contribution is 2.27. The summed E-state index contributed by atoms with van der Waals surface area (Å²) >= 11 is 0. The van der Waals surface area contributed by atoms with Crippen LogP contribution in [0.2, 0.25) is 0 Å². The second kappa shape index (κ2) is 6.84. The Bertz CT molecular complexity index is 335. The first kappa shape index (κ1) is 15.9. The minimum Gasteiger partial charge on any atom is -0.330 e. The van der Waals surface area contributed by atoms with Crippen molar-refractivity contribution in [3.05, 3.63) is 0 Å². The molecule has 1 fully saturated rings. The largest absolute Gasteiger partial charge is 0.330 e. The third kappa shape index (κ3) is 4.50. The molecule has 0 aromatic heterocycles. The second-order valence-electron chi connectivity index (χ2n) is 5.59. The van der Waals surface area contributed by atoms with Crippen LogP contribution in [-0.2, 0) is 10.2 Å². The van der Waals surface area contributed by atoms with Gasteiger partial charge < -0.3 is 5.73 Å². The van der Waals surface area contributed by atoms with Crippen LogP contribution in [0.4, 0.5) is 0 Å². The highest BCUT2D eigenvalue weighted by Gasteiger charge is 2.24. The molecule has 3 N–H and O–H groups in total. The lowest BCUT2D eigenvalue weighted by Crippen LogP contribution is -2.43. The average Bonchev–Trinajstić information content (AvgIpc) is 2.36. The molecule has 18 heavy (non-hydrogen) atoms. The van der Waals surface area contributed by atoms with E-state index in [0.717, 1.165) is 32.2 Å². The summed E-state index contributed by atoms with van der Waals surface area (Å²) in [4.78, 5) is 0. The Morgan fingerprint density at radius 2 is 1.72 bits per heavy atom. The molecular weight excluding hydrogens is 250 g/mol. The molecule has 108 valence electrons. The monoisotopic (exact) mass is 277 g/mol. The van der Waals surface area contributed by atoms with E-state index in [1.54, 1.807) is 7.05 Å². The molecule has 1 aliphatic rings.